The molecule has 0 aliphatic heterocycles. The van der Waals surface area contributed by atoms with Crippen molar-refractivity contribution in [2.75, 3.05) is 0 Å². The van der Waals surface area contributed by atoms with Gasteiger partial charge < -0.3 is 0 Å². The maximum atomic E-state index is 10.7. The lowest BCUT2D eigenvalue weighted by Crippen LogP contribution is -1.97. The Kier molecular flexibility index (Phi) is 2.56. The highest BCUT2D eigenvalue weighted by Crippen LogP contribution is 2.20. The molecule has 0 saturated heterocycles. The molecule has 2 aromatic heterocycles. The third kappa shape index (κ3) is 1.98. The van der Waals surface area contributed by atoms with E-state index in [0.29, 0.717) is 6.54 Å². The summed E-state index contributed by atoms with van der Waals surface area (Å²) in [5.74, 6) is 0. The summed E-state index contributed by atoms with van der Waals surface area (Å²) in [6.07, 6.45) is 1.84. The summed E-state index contributed by atoms with van der Waals surface area (Å²) < 4.78 is 1.81. The number of non-ortho nitro benzene ring substituents is 1. The predicted molar refractivity (Wildman–Crippen MR) is 69.8 cm³/mol. The SMILES string of the molecule is O=[N+]([O-])c1ccc2nn(Cc3cccs3)cc2c1. The zero-order chi connectivity index (χ0) is 12.5. The first-order valence-corrected chi connectivity index (χ1v) is 6.24. The molecule has 0 radical (unpaired) electrons. The number of nitrogens with zero attached hydrogens (tertiary/aromatic N) is 3. The molecule has 90 valence electrons. The Balaban J connectivity index is 1.98. The van der Waals surface area contributed by atoms with Gasteiger partial charge in [-0.15, -0.1) is 11.3 Å². The first-order valence-electron chi connectivity index (χ1n) is 5.36. The molecule has 5 nitrogen and oxygen atoms in total. The third-order valence-corrected chi connectivity index (χ3v) is 3.51. The molecule has 0 unspecified atom stereocenters. The number of hydrogen-bond acceptors (Lipinski definition) is 4. The number of rotatable bonds is 3. The van der Waals surface area contributed by atoms with Crippen molar-refractivity contribution in [1.82, 2.24) is 9.78 Å². The van der Waals surface area contributed by atoms with Crippen LogP contribution in [0.4, 0.5) is 5.69 Å². The van der Waals surface area contributed by atoms with Crippen LogP contribution in [-0.4, -0.2) is 14.7 Å². The van der Waals surface area contributed by atoms with Crippen molar-refractivity contribution >= 4 is 27.9 Å². The molecule has 3 aromatic rings. The Bertz CT molecular complexity index is 703. The fraction of sp³-hybridized carbons (Fsp3) is 0.0833. The van der Waals surface area contributed by atoms with Gasteiger partial charge in [0.05, 0.1) is 17.0 Å². The minimum Gasteiger partial charge on any atom is -0.266 e. The number of hydrogen-bond donors (Lipinski definition) is 0. The molecule has 0 bridgehead atoms. The molecule has 0 N–H and O–H groups in total. The highest BCUT2D eigenvalue weighted by atomic mass is 32.1. The molecule has 0 saturated carbocycles. The fourth-order valence-corrected chi connectivity index (χ4v) is 2.52. The lowest BCUT2D eigenvalue weighted by molar-refractivity contribution is -0.384. The summed E-state index contributed by atoms with van der Waals surface area (Å²) in [6, 6.07) is 8.74. The Labute approximate surface area is 106 Å². The van der Waals surface area contributed by atoms with Gasteiger partial charge in [-0.05, 0) is 17.5 Å². The molecule has 0 spiro atoms. The summed E-state index contributed by atoms with van der Waals surface area (Å²) in [4.78, 5) is 11.5. The molecule has 0 atom stereocenters. The highest BCUT2D eigenvalue weighted by Gasteiger charge is 2.08. The van der Waals surface area contributed by atoms with Crippen LogP contribution in [-0.2, 0) is 6.54 Å². The van der Waals surface area contributed by atoms with Gasteiger partial charge in [0.1, 0.15) is 0 Å². The molecule has 2 heterocycles. The van der Waals surface area contributed by atoms with Gasteiger partial charge in [-0.2, -0.15) is 5.10 Å². The third-order valence-electron chi connectivity index (χ3n) is 2.64. The van der Waals surface area contributed by atoms with E-state index in [1.807, 2.05) is 23.7 Å². The standard InChI is InChI=1S/C12H9N3O2S/c16-15(17)10-3-4-12-9(6-10)7-14(13-12)8-11-2-1-5-18-11/h1-7H,8H2. The summed E-state index contributed by atoms with van der Waals surface area (Å²) in [6.45, 7) is 0.695. The van der Waals surface area contributed by atoms with Crippen molar-refractivity contribution in [3.63, 3.8) is 0 Å². The van der Waals surface area contributed by atoms with Gasteiger partial charge in [0, 0.05) is 28.6 Å². The number of nitro groups is 1. The van der Waals surface area contributed by atoms with E-state index in [1.54, 1.807) is 28.2 Å². The molecule has 6 heteroatoms. The van der Waals surface area contributed by atoms with Crippen LogP contribution in [0.5, 0.6) is 0 Å². The van der Waals surface area contributed by atoms with Gasteiger partial charge in [0.2, 0.25) is 0 Å². The quantitative estimate of drug-likeness (QED) is 0.536. The molecular weight excluding hydrogens is 250 g/mol. The van der Waals surface area contributed by atoms with E-state index in [-0.39, 0.29) is 5.69 Å². The molecule has 1 aromatic carbocycles. The molecule has 0 fully saturated rings. The van der Waals surface area contributed by atoms with E-state index in [0.717, 1.165) is 10.9 Å². The zero-order valence-corrected chi connectivity index (χ0v) is 10.1. The number of aromatic nitrogens is 2. The van der Waals surface area contributed by atoms with Crippen molar-refractivity contribution in [2.45, 2.75) is 6.54 Å². The van der Waals surface area contributed by atoms with Crippen LogP contribution in [0.15, 0.2) is 41.9 Å². The molecule has 0 amide bonds. The number of nitro benzene ring substituents is 1. The minimum atomic E-state index is -0.393. The second-order valence-electron chi connectivity index (χ2n) is 3.91. The summed E-state index contributed by atoms with van der Waals surface area (Å²) in [5, 5.41) is 17.9. The minimum absolute atomic E-state index is 0.0955. The average Bonchev–Trinajstić information content (AvgIpc) is 2.96. The topological polar surface area (TPSA) is 61.0 Å². The maximum Gasteiger partial charge on any atom is 0.270 e. The Morgan fingerprint density at radius 3 is 3.00 bits per heavy atom. The Morgan fingerprint density at radius 2 is 2.28 bits per heavy atom. The number of thiophene rings is 1. The number of benzene rings is 1. The normalized spacial score (nSPS) is 10.9. The predicted octanol–water partition coefficient (Wildman–Crippen LogP) is 3.05. The first-order chi connectivity index (χ1) is 8.72. The summed E-state index contributed by atoms with van der Waals surface area (Å²) in [7, 11) is 0. The van der Waals surface area contributed by atoms with Crippen molar-refractivity contribution in [3.05, 3.63) is 56.9 Å². The Hall–Kier alpha value is -2.21. The molecule has 18 heavy (non-hydrogen) atoms. The van der Waals surface area contributed by atoms with E-state index in [2.05, 4.69) is 5.10 Å². The monoisotopic (exact) mass is 259 g/mol. The van der Waals surface area contributed by atoms with E-state index < -0.39 is 4.92 Å². The van der Waals surface area contributed by atoms with Crippen molar-refractivity contribution in [1.29, 1.82) is 0 Å². The second kappa shape index (κ2) is 4.23. The molecule has 0 aliphatic carbocycles. The summed E-state index contributed by atoms with van der Waals surface area (Å²) >= 11 is 1.67. The van der Waals surface area contributed by atoms with Crippen LogP contribution in [0.25, 0.3) is 10.9 Å². The van der Waals surface area contributed by atoms with E-state index in [1.165, 1.54) is 10.9 Å². The van der Waals surface area contributed by atoms with Crippen molar-refractivity contribution in [2.24, 2.45) is 0 Å². The van der Waals surface area contributed by atoms with Crippen LogP contribution in [0, 0.1) is 10.1 Å². The van der Waals surface area contributed by atoms with Gasteiger partial charge in [-0.25, -0.2) is 0 Å². The highest BCUT2D eigenvalue weighted by molar-refractivity contribution is 7.09. The number of fused-ring (bicyclic) bond motifs is 1. The van der Waals surface area contributed by atoms with Gasteiger partial charge in [0.25, 0.3) is 5.69 Å². The van der Waals surface area contributed by atoms with Crippen molar-refractivity contribution < 1.29 is 4.92 Å². The van der Waals surface area contributed by atoms with Crippen molar-refractivity contribution in [3.8, 4) is 0 Å². The van der Waals surface area contributed by atoms with Crippen LogP contribution in [0.3, 0.4) is 0 Å². The second-order valence-corrected chi connectivity index (χ2v) is 4.94. The van der Waals surface area contributed by atoms with Gasteiger partial charge >= 0.3 is 0 Å². The lowest BCUT2D eigenvalue weighted by Gasteiger charge is -1.95. The van der Waals surface area contributed by atoms with E-state index in [9.17, 15) is 10.1 Å². The molecule has 0 aliphatic rings. The largest absolute Gasteiger partial charge is 0.270 e. The first kappa shape index (κ1) is 10.9. The van der Waals surface area contributed by atoms with Crippen LogP contribution in [0.1, 0.15) is 4.88 Å². The Morgan fingerprint density at radius 1 is 1.39 bits per heavy atom. The van der Waals surface area contributed by atoms with Crippen LogP contribution in [0.2, 0.25) is 0 Å². The smallest absolute Gasteiger partial charge is 0.266 e. The summed E-state index contributed by atoms with van der Waals surface area (Å²) in [5.41, 5.74) is 0.871. The lowest BCUT2D eigenvalue weighted by atomic mass is 10.2. The van der Waals surface area contributed by atoms with E-state index >= 15 is 0 Å². The van der Waals surface area contributed by atoms with Gasteiger partial charge in [-0.3, -0.25) is 14.8 Å². The molecule has 3 rings (SSSR count). The maximum absolute atomic E-state index is 10.7. The zero-order valence-electron chi connectivity index (χ0n) is 9.31. The van der Waals surface area contributed by atoms with Gasteiger partial charge in [0.15, 0.2) is 0 Å². The average molecular weight is 259 g/mol. The molecular formula is C12H9N3O2S. The fourth-order valence-electron chi connectivity index (χ4n) is 1.82. The van der Waals surface area contributed by atoms with Crippen LogP contribution < -0.4 is 0 Å². The van der Waals surface area contributed by atoms with Crippen LogP contribution >= 0.6 is 11.3 Å². The van der Waals surface area contributed by atoms with Gasteiger partial charge in [-0.1, -0.05) is 6.07 Å². The van der Waals surface area contributed by atoms with E-state index in [4.69, 9.17) is 0 Å².